The van der Waals surface area contributed by atoms with E-state index in [1.165, 1.54) is 0 Å². The van der Waals surface area contributed by atoms with Crippen molar-refractivity contribution in [2.24, 2.45) is 0 Å². The van der Waals surface area contributed by atoms with Gasteiger partial charge in [0.15, 0.2) is 0 Å². The average molecular weight is 203 g/mol. The van der Waals surface area contributed by atoms with Crippen LogP contribution in [0.5, 0.6) is 5.75 Å². The van der Waals surface area contributed by atoms with Crippen LogP contribution >= 0.6 is 0 Å². The molecule has 80 valence electrons. The zero-order valence-electron chi connectivity index (χ0n) is 9.58. The Kier molecular flexibility index (Phi) is 4.05. The summed E-state index contributed by atoms with van der Waals surface area (Å²) in [5.74, 6) is 3.37. The van der Waals surface area contributed by atoms with Crippen LogP contribution in [0.15, 0.2) is 18.2 Å². The number of benzene rings is 1. The summed E-state index contributed by atoms with van der Waals surface area (Å²) in [6.45, 7) is 6.22. The summed E-state index contributed by atoms with van der Waals surface area (Å²) in [5.41, 5.74) is 1.95. The Labute approximate surface area is 91.9 Å². The summed E-state index contributed by atoms with van der Waals surface area (Å²) in [4.78, 5) is 2.25. The molecule has 0 unspecified atom stereocenters. The van der Waals surface area contributed by atoms with E-state index in [9.17, 15) is 0 Å². The number of ether oxygens (including phenoxy) is 1. The Morgan fingerprint density at radius 2 is 2.00 bits per heavy atom. The smallest absolute Gasteiger partial charge is 0.136 e. The lowest BCUT2D eigenvalue weighted by Gasteiger charge is -2.21. The van der Waals surface area contributed by atoms with Crippen LogP contribution < -0.4 is 9.64 Å². The fourth-order valence-electron chi connectivity index (χ4n) is 1.58. The van der Waals surface area contributed by atoms with Crippen LogP contribution in [0.4, 0.5) is 5.69 Å². The van der Waals surface area contributed by atoms with Gasteiger partial charge < -0.3 is 9.64 Å². The summed E-state index contributed by atoms with van der Waals surface area (Å²) in [6.07, 6.45) is 5.37. The second kappa shape index (κ2) is 5.31. The number of hydrogen-bond acceptors (Lipinski definition) is 2. The summed E-state index contributed by atoms with van der Waals surface area (Å²) in [5, 5.41) is 0. The van der Waals surface area contributed by atoms with E-state index in [4.69, 9.17) is 11.2 Å². The molecule has 2 heteroatoms. The van der Waals surface area contributed by atoms with Gasteiger partial charge >= 0.3 is 0 Å². The van der Waals surface area contributed by atoms with Gasteiger partial charge in [0.05, 0.1) is 12.7 Å². The van der Waals surface area contributed by atoms with Crippen LogP contribution in [0.2, 0.25) is 0 Å². The zero-order valence-corrected chi connectivity index (χ0v) is 9.58. The first-order valence-electron chi connectivity index (χ1n) is 5.16. The third-order valence-electron chi connectivity index (χ3n) is 2.47. The largest absolute Gasteiger partial charge is 0.495 e. The summed E-state index contributed by atoms with van der Waals surface area (Å²) in [6, 6.07) is 5.94. The molecule has 1 aromatic carbocycles. The van der Waals surface area contributed by atoms with E-state index < -0.39 is 0 Å². The van der Waals surface area contributed by atoms with Gasteiger partial charge in [0.25, 0.3) is 0 Å². The van der Waals surface area contributed by atoms with Crippen molar-refractivity contribution in [1.82, 2.24) is 0 Å². The number of hydrogen-bond donors (Lipinski definition) is 0. The molecular weight excluding hydrogens is 186 g/mol. The van der Waals surface area contributed by atoms with Crippen molar-refractivity contribution >= 4 is 5.69 Å². The summed E-state index contributed by atoms with van der Waals surface area (Å²) < 4.78 is 5.25. The van der Waals surface area contributed by atoms with Gasteiger partial charge in [-0.05, 0) is 26.0 Å². The quantitative estimate of drug-likeness (QED) is 0.697. The number of terminal acetylenes is 1. The fourth-order valence-corrected chi connectivity index (χ4v) is 1.58. The monoisotopic (exact) mass is 203 g/mol. The molecule has 15 heavy (non-hydrogen) atoms. The first-order valence-corrected chi connectivity index (χ1v) is 5.16. The predicted octanol–water partition coefficient (Wildman–Crippen LogP) is 2.52. The summed E-state index contributed by atoms with van der Waals surface area (Å²) >= 11 is 0. The third kappa shape index (κ3) is 2.44. The van der Waals surface area contributed by atoms with Crippen LogP contribution in [-0.2, 0) is 0 Å². The highest BCUT2D eigenvalue weighted by molar-refractivity contribution is 5.57. The first kappa shape index (κ1) is 11.5. The van der Waals surface area contributed by atoms with E-state index in [-0.39, 0.29) is 0 Å². The Hall–Kier alpha value is -1.62. The van der Waals surface area contributed by atoms with E-state index in [2.05, 4.69) is 24.7 Å². The maximum absolute atomic E-state index is 5.37. The number of nitrogens with zero attached hydrogens (tertiary/aromatic N) is 1. The van der Waals surface area contributed by atoms with Crippen molar-refractivity contribution in [2.45, 2.75) is 13.8 Å². The number of anilines is 1. The molecule has 0 spiro atoms. The molecule has 2 nitrogen and oxygen atoms in total. The van der Waals surface area contributed by atoms with Crippen LogP contribution in [-0.4, -0.2) is 20.2 Å². The lowest BCUT2D eigenvalue weighted by molar-refractivity contribution is 0.413. The third-order valence-corrected chi connectivity index (χ3v) is 2.47. The highest BCUT2D eigenvalue weighted by atomic mass is 16.5. The second-order valence-electron chi connectivity index (χ2n) is 3.20. The lowest BCUT2D eigenvalue weighted by Crippen LogP contribution is -2.21. The van der Waals surface area contributed by atoms with Crippen LogP contribution in [0.1, 0.15) is 19.4 Å². The Morgan fingerprint density at radius 1 is 1.33 bits per heavy atom. The van der Waals surface area contributed by atoms with E-state index in [1.54, 1.807) is 7.11 Å². The minimum absolute atomic E-state index is 0.766. The van der Waals surface area contributed by atoms with Gasteiger partial charge in [0.2, 0.25) is 0 Å². The van der Waals surface area contributed by atoms with Gasteiger partial charge in [0.1, 0.15) is 5.75 Å². The maximum atomic E-state index is 5.37. The average Bonchev–Trinajstić information content (AvgIpc) is 2.30. The van der Waals surface area contributed by atoms with Gasteiger partial charge in [-0.25, -0.2) is 0 Å². The van der Waals surface area contributed by atoms with E-state index in [0.717, 1.165) is 30.1 Å². The predicted molar refractivity (Wildman–Crippen MR) is 64.5 cm³/mol. The zero-order chi connectivity index (χ0) is 11.3. The molecule has 0 aliphatic carbocycles. The number of methoxy groups -OCH3 is 1. The normalized spacial score (nSPS) is 9.47. The topological polar surface area (TPSA) is 12.5 Å². The van der Waals surface area contributed by atoms with Gasteiger partial charge in [-0.2, -0.15) is 0 Å². The molecule has 0 N–H and O–H groups in total. The fraction of sp³-hybridized carbons (Fsp3) is 0.385. The Bertz CT molecular complexity index is 361. The van der Waals surface area contributed by atoms with Crippen LogP contribution in [0, 0.1) is 12.3 Å². The highest BCUT2D eigenvalue weighted by Gasteiger charge is 2.06. The molecule has 0 bridgehead atoms. The Morgan fingerprint density at radius 3 is 2.47 bits per heavy atom. The molecule has 1 rings (SSSR count). The molecule has 0 heterocycles. The van der Waals surface area contributed by atoms with Crippen molar-refractivity contribution in [3.63, 3.8) is 0 Å². The molecule has 0 saturated carbocycles. The molecule has 0 radical (unpaired) electrons. The molecule has 0 amide bonds. The maximum Gasteiger partial charge on any atom is 0.136 e. The van der Waals surface area contributed by atoms with Crippen molar-refractivity contribution in [3.05, 3.63) is 23.8 Å². The highest BCUT2D eigenvalue weighted by Crippen LogP contribution is 2.24. The van der Waals surface area contributed by atoms with Crippen LogP contribution in [0.3, 0.4) is 0 Å². The Balaban J connectivity index is 3.08. The minimum atomic E-state index is 0.766. The van der Waals surface area contributed by atoms with Gasteiger partial charge in [-0.3, -0.25) is 0 Å². The molecule has 0 atom stereocenters. The first-order chi connectivity index (χ1) is 7.26. The van der Waals surface area contributed by atoms with E-state index in [1.807, 2.05) is 18.2 Å². The molecule has 0 aliphatic rings. The van der Waals surface area contributed by atoms with Crippen molar-refractivity contribution in [2.75, 3.05) is 25.1 Å². The summed E-state index contributed by atoms with van der Waals surface area (Å²) in [7, 11) is 1.64. The second-order valence-corrected chi connectivity index (χ2v) is 3.20. The van der Waals surface area contributed by atoms with E-state index >= 15 is 0 Å². The van der Waals surface area contributed by atoms with Gasteiger partial charge in [0, 0.05) is 24.8 Å². The lowest BCUT2D eigenvalue weighted by atomic mass is 10.1. The minimum Gasteiger partial charge on any atom is -0.495 e. The van der Waals surface area contributed by atoms with Gasteiger partial charge in [-0.1, -0.05) is 5.92 Å². The van der Waals surface area contributed by atoms with Crippen LogP contribution in [0.25, 0.3) is 0 Å². The SMILES string of the molecule is C#Cc1ccc(N(CC)CC)cc1OC. The molecule has 0 aliphatic heterocycles. The standard InChI is InChI=1S/C13H17NO/c1-5-11-8-9-12(10-13(11)15-4)14(6-2)7-3/h1,8-10H,6-7H2,2-4H3. The van der Waals surface area contributed by atoms with Gasteiger partial charge in [-0.15, -0.1) is 6.42 Å². The van der Waals surface area contributed by atoms with Crippen molar-refractivity contribution < 1.29 is 4.74 Å². The van der Waals surface area contributed by atoms with Crippen molar-refractivity contribution in [1.29, 1.82) is 0 Å². The van der Waals surface area contributed by atoms with E-state index in [0.29, 0.717) is 0 Å². The number of rotatable bonds is 4. The molecular formula is C13H17NO. The molecule has 0 aromatic heterocycles. The van der Waals surface area contributed by atoms with Crippen molar-refractivity contribution in [3.8, 4) is 18.1 Å². The molecule has 0 saturated heterocycles. The molecule has 1 aromatic rings. The molecule has 0 fully saturated rings.